The van der Waals surface area contributed by atoms with Gasteiger partial charge >= 0.3 is 5.97 Å². The van der Waals surface area contributed by atoms with Crippen LogP contribution in [0.25, 0.3) is 0 Å². The third-order valence-electron chi connectivity index (χ3n) is 6.04. The second-order valence-electron chi connectivity index (χ2n) is 8.47. The van der Waals surface area contributed by atoms with E-state index < -0.39 is 17.9 Å². The molecule has 0 amide bonds. The van der Waals surface area contributed by atoms with Crippen molar-refractivity contribution in [3.63, 3.8) is 0 Å². The quantitative estimate of drug-likeness (QED) is 0.508. The number of hydrogen-bond donors (Lipinski definition) is 2. The highest BCUT2D eigenvalue weighted by Crippen LogP contribution is 2.25. The second-order valence-corrected chi connectivity index (χ2v) is 8.87. The summed E-state index contributed by atoms with van der Waals surface area (Å²) in [6.07, 6.45) is 2.39. The van der Waals surface area contributed by atoms with Gasteiger partial charge in [0.05, 0.1) is 23.8 Å². The zero-order chi connectivity index (χ0) is 23.1. The highest BCUT2D eigenvalue weighted by molar-refractivity contribution is 6.30. The van der Waals surface area contributed by atoms with E-state index in [0.717, 1.165) is 42.5 Å². The minimum absolute atomic E-state index is 0.0697. The van der Waals surface area contributed by atoms with E-state index in [1.165, 1.54) is 6.07 Å². The van der Waals surface area contributed by atoms with Crippen molar-refractivity contribution in [2.45, 2.75) is 57.3 Å². The predicted molar refractivity (Wildman–Crippen MR) is 122 cm³/mol. The molecule has 1 fully saturated rings. The number of aliphatic carboxylic acids is 1. The molecule has 2 aromatic carbocycles. The molecule has 0 saturated carbocycles. The molecule has 0 unspecified atom stereocenters. The van der Waals surface area contributed by atoms with Crippen LogP contribution in [0.4, 0.5) is 4.39 Å². The van der Waals surface area contributed by atoms with Crippen molar-refractivity contribution in [1.29, 1.82) is 0 Å². The number of ether oxygens (including phenoxy) is 1. The molecule has 3 rings (SSSR count). The van der Waals surface area contributed by atoms with E-state index in [4.69, 9.17) is 21.4 Å². The van der Waals surface area contributed by atoms with Crippen LogP contribution in [0.1, 0.15) is 49.0 Å². The Morgan fingerprint density at radius 3 is 2.84 bits per heavy atom. The molecule has 0 aliphatic carbocycles. The number of likely N-dealkylation sites (tertiary alicyclic amines) is 1. The van der Waals surface area contributed by atoms with Crippen LogP contribution >= 0.6 is 11.6 Å². The Kier molecular flexibility index (Phi) is 9.05. The smallest absolute Gasteiger partial charge is 0.303 e. The Morgan fingerprint density at radius 1 is 1.31 bits per heavy atom. The minimum Gasteiger partial charge on any atom is -0.481 e. The van der Waals surface area contributed by atoms with E-state index in [0.29, 0.717) is 13.0 Å². The van der Waals surface area contributed by atoms with Gasteiger partial charge in [0, 0.05) is 19.0 Å². The number of halogens is 2. The lowest BCUT2D eigenvalue weighted by molar-refractivity contribution is -0.136. The molecule has 1 saturated heterocycles. The number of carbonyl (C=O) groups is 1. The van der Waals surface area contributed by atoms with Gasteiger partial charge in [0.15, 0.2) is 0 Å². The van der Waals surface area contributed by atoms with E-state index in [1.807, 2.05) is 37.3 Å². The molecule has 32 heavy (non-hydrogen) atoms. The van der Waals surface area contributed by atoms with Crippen molar-refractivity contribution in [1.82, 2.24) is 4.90 Å². The first-order valence-corrected chi connectivity index (χ1v) is 11.5. The van der Waals surface area contributed by atoms with Crippen LogP contribution in [-0.2, 0) is 22.4 Å². The Bertz CT molecular complexity index is 909. The van der Waals surface area contributed by atoms with Crippen molar-refractivity contribution in [3.8, 4) is 0 Å². The lowest BCUT2D eigenvalue weighted by Gasteiger charge is -2.27. The normalized spacial score (nSPS) is 18.6. The van der Waals surface area contributed by atoms with E-state index in [2.05, 4.69) is 4.90 Å². The number of nitrogens with zero attached hydrogens (tertiary/aromatic N) is 1. The molecule has 1 aliphatic heterocycles. The first-order chi connectivity index (χ1) is 15.3. The molecule has 174 valence electrons. The Balaban J connectivity index is 1.51. The molecule has 0 spiro atoms. The average molecular weight is 464 g/mol. The van der Waals surface area contributed by atoms with Crippen LogP contribution in [0.3, 0.4) is 0 Å². The van der Waals surface area contributed by atoms with Gasteiger partial charge in [0.25, 0.3) is 0 Å². The summed E-state index contributed by atoms with van der Waals surface area (Å²) in [5.74, 6) is -1.23. The maximum atomic E-state index is 13.8. The van der Waals surface area contributed by atoms with Crippen LogP contribution in [0, 0.1) is 5.82 Å². The summed E-state index contributed by atoms with van der Waals surface area (Å²) in [7, 11) is 0. The number of β-amino-alcohol motifs (C(OH)–C–C–N with tert-alkyl or cyclic N) is 1. The van der Waals surface area contributed by atoms with Crippen molar-refractivity contribution >= 4 is 17.6 Å². The molecule has 3 atom stereocenters. The zero-order valence-electron chi connectivity index (χ0n) is 18.3. The molecular weight excluding hydrogens is 433 g/mol. The Labute approximate surface area is 193 Å². The highest BCUT2D eigenvalue weighted by atomic mass is 35.5. The van der Waals surface area contributed by atoms with Gasteiger partial charge in [0.2, 0.25) is 0 Å². The fourth-order valence-electron chi connectivity index (χ4n) is 4.37. The van der Waals surface area contributed by atoms with Crippen LogP contribution < -0.4 is 0 Å². The molecule has 0 aromatic heterocycles. The summed E-state index contributed by atoms with van der Waals surface area (Å²) in [6.45, 7) is 3.49. The Morgan fingerprint density at radius 2 is 2.09 bits per heavy atom. The molecule has 5 nitrogen and oxygen atoms in total. The molecule has 0 bridgehead atoms. The van der Waals surface area contributed by atoms with E-state index in [1.54, 1.807) is 6.07 Å². The molecule has 1 heterocycles. The van der Waals surface area contributed by atoms with Gasteiger partial charge in [-0.3, -0.25) is 9.69 Å². The molecule has 7 heteroatoms. The highest BCUT2D eigenvalue weighted by Gasteiger charge is 2.27. The summed E-state index contributed by atoms with van der Waals surface area (Å²) in [5, 5.41) is 19.7. The summed E-state index contributed by atoms with van der Waals surface area (Å²) >= 11 is 5.78. The fraction of sp³-hybridized carbons (Fsp3) is 0.480. The first kappa shape index (κ1) is 24.6. The van der Waals surface area contributed by atoms with Crippen molar-refractivity contribution in [2.75, 3.05) is 19.7 Å². The monoisotopic (exact) mass is 463 g/mol. The van der Waals surface area contributed by atoms with Gasteiger partial charge in [-0.1, -0.05) is 41.9 Å². The number of hydrogen-bond acceptors (Lipinski definition) is 4. The second kappa shape index (κ2) is 11.8. The van der Waals surface area contributed by atoms with E-state index in [9.17, 15) is 14.3 Å². The van der Waals surface area contributed by atoms with Crippen LogP contribution in [0.5, 0.6) is 0 Å². The van der Waals surface area contributed by atoms with Gasteiger partial charge in [-0.05, 0) is 68.0 Å². The first-order valence-electron chi connectivity index (χ1n) is 11.1. The number of aliphatic hydroxyl groups excluding tert-OH is 1. The van der Waals surface area contributed by atoms with Crippen LogP contribution in [0.2, 0.25) is 5.02 Å². The molecular formula is C25H31ClFNO4. The number of rotatable bonds is 11. The SMILES string of the molecule is C[C@@H](OC[C@H](O)CN1CCC[C@H]1Cc1ccc(Cl)c(F)c1)c1ccccc1CCC(=O)O. The van der Waals surface area contributed by atoms with Crippen LogP contribution in [0.15, 0.2) is 42.5 Å². The topological polar surface area (TPSA) is 70.0 Å². The van der Waals surface area contributed by atoms with Crippen molar-refractivity contribution in [3.05, 3.63) is 70.0 Å². The van der Waals surface area contributed by atoms with Gasteiger partial charge in [-0.15, -0.1) is 0 Å². The number of aliphatic hydroxyl groups is 1. The van der Waals surface area contributed by atoms with Crippen molar-refractivity contribution in [2.24, 2.45) is 0 Å². The third kappa shape index (κ3) is 7.01. The standard InChI is InChI=1S/C25H31ClFNO4/c1-17(22-7-3-2-5-19(22)9-11-25(30)31)32-16-21(29)15-28-12-4-6-20(28)13-18-8-10-23(26)24(27)14-18/h2-3,5,7-8,10,14,17,20-21,29H,4,6,9,11-13,15-16H2,1H3,(H,30,31)/t17-,20+,21-/m1/s1. The van der Waals surface area contributed by atoms with E-state index in [-0.39, 0.29) is 30.2 Å². The lowest BCUT2D eigenvalue weighted by Crippen LogP contribution is -2.39. The lowest BCUT2D eigenvalue weighted by atomic mass is 9.99. The van der Waals surface area contributed by atoms with Gasteiger partial charge in [-0.2, -0.15) is 0 Å². The minimum atomic E-state index is -0.828. The predicted octanol–water partition coefficient (Wildman–Crippen LogP) is 4.64. The summed E-state index contributed by atoms with van der Waals surface area (Å²) in [4.78, 5) is 13.2. The largest absolute Gasteiger partial charge is 0.481 e. The summed E-state index contributed by atoms with van der Waals surface area (Å²) in [6, 6.07) is 12.8. The van der Waals surface area contributed by atoms with Crippen LogP contribution in [-0.4, -0.2) is 52.9 Å². The number of carboxylic acid groups (broad SMARTS) is 1. The maximum Gasteiger partial charge on any atom is 0.303 e. The molecule has 0 radical (unpaired) electrons. The third-order valence-corrected chi connectivity index (χ3v) is 6.35. The molecule has 2 N–H and O–H groups in total. The Hall–Kier alpha value is -1.99. The number of aryl methyl sites for hydroxylation is 1. The van der Waals surface area contributed by atoms with Gasteiger partial charge < -0.3 is 14.9 Å². The maximum absolute atomic E-state index is 13.8. The average Bonchev–Trinajstić information content (AvgIpc) is 3.19. The summed E-state index contributed by atoms with van der Waals surface area (Å²) < 4.78 is 19.7. The summed E-state index contributed by atoms with van der Waals surface area (Å²) in [5.41, 5.74) is 2.80. The molecule has 2 aromatic rings. The molecule has 1 aliphatic rings. The van der Waals surface area contributed by atoms with Gasteiger partial charge in [-0.25, -0.2) is 4.39 Å². The fourth-order valence-corrected chi connectivity index (χ4v) is 4.49. The van der Waals surface area contributed by atoms with Gasteiger partial charge in [0.1, 0.15) is 5.82 Å². The van der Waals surface area contributed by atoms with E-state index >= 15 is 0 Å². The van der Waals surface area contributed by atoms with Crippen molar-refractivity contribution < 1.29 is 24.1 Å². The number of benzene rings is 2. The number of carboxylic acids is 1. The zero-order valence-corrected chi connectivity index (χ0v) is 19.1.